The zero-order valence-electron chi connectivity index (χ0n) is 5.80. The van der Waals surface area contributed by atoms with Gasteiger partial charge in [-0.15, -0.1) is 11.8 Å². The second-order valence-electron chi connectivity index (χ2n) is 1.89. The van der Waals surface area contributed by atoms with Gasteiger partial charge < -0.3 is 0 Å². The van der Waals surface area contributed by atoms with Crippen molar-refractivity contribution >= 4 is 50.7 Å². The second kappa shape index (κ2) is 6.35. The Hall–Kier alpha value is 0.816. The van der Waals surface area contributed by atoms with Crippen LogP contribution in [0.4, 0.5) is 0 Å². The molecule has 11 heavy (non-hydrogen) atoms. The van der Waals surface area contributed by atoms with Crippen molar-refractivity contribution in [2.24, 2.45) is 0 Å². The third-order valence-electron chi connectivity index (χ3n) is 1.12. The molecule has 0 aliphatic rings. The monoisotopic (exact) mass is 242 g/mol. The van der Waals surface area contributed by atoms with Crippen molar-refractivity contribution in [2.75, 3.05) is 5.75 Å². The predicted molar refractivity (Wildman–Crippen MR) is 59.1 cm³/mol. The maximum Gasteiger partial charge on any atom is 0.316 e. The molecule has 58 valence electrons. The standard InChI is InChI=1S/C8H9BrS.Mg.2H/c1-2-10-8-5-3-7(9)4-6-8;;;/h3-6H,2H2,1H3;;;. The summed E-state index contributed by atoms with van der Waals surface area (Å²) < 4.78 is 1.15. The van der Waals surface area contributed by atoms with E-state index in [2.05, 4.69) is 47.1 Å². The zero-order valence-corrected chi connectivity index (χ0v) is 8.21. The lowest BCUT2D eigenvalue weighted by Crippen LogP contribution is -1.70. The molecule has 3 heteroatoms. The maximum atomic E-state index is 3.39. The van der Waals surface area contributed by atoms with Crippen LogP contribution in [-0.4, -0.2) is 28.8 Å². The van der Waals surface area contributed by atoms with Crippen molar-refractivity contribution in [3.8, 4) is 0 Å². The van der Waals surface area contributed by atoms with E-state index in [4.69, 9.17) is 0 Å². The van der Waals surface area contributed by atoms with Crippen molar-refractivity contribution in [1.29, 1.82) is 0 Å². The summed E-state index contributed by atoms with van der Waals surface area (Å²) in [5, 5.41) is 0. The Labute approximate surface area is 96.4 Å². The summed E-state index contributed by atoms with van der Waals surface area (Å²) in [5.74, 6) is 1.14. The third-order valence-corrected chi connectivity index (χ3v) is 2.55. The molecule has 0 aliphatic carbocycles. The molecule has 0 fully saturated rings. The Bertz CT molecular complexity index is 198. The maximum absolute atomic E-state index is 3.39. The number of benzene rings is 1. The molecule has 1 aromatic rings. The summed E-state index contributed by atoms with van der Waals surface area (Å²) in [6.45, 7) is 2.16. The average molecular weight is 243 g/mol. The highest BCUT2D eigenvalue weighted by Crippen LogP contribution is 2.19. The Morgan fingerprint density at radius 2 is 1.82 bits per heavy atom. The molecule has 0 saturated heterocycles. The topological polar surface area (TPSA) is 0 Å². The highest BCUT2D eigenvalue weighted by molar-refractivity contribution is 9.10. The van der Waals surface area contributed by atoms with E-state index in [0.29, 0.717) is 0 Å². The van der Waals surface area contributed by atoms with Crippen molar-refractivity contribution in [2.45, 2.75) is 11.8 Å². The first kappa shape index (κ1) is 11.8. The summed E-state index contributed by atoms with van der Waals surface area (Å²) >= 11 is 5.25. The molecule has 0 saturated carbocycles. The van der Waals surface area contributed by atoms with Crippen LogP contribution in [-0.2, 0) is 0 Å². The molecule has 0 unspecified atom stereocenters. The minimum Gasteiger partial charge on any atom is -0.126 e. The fourth-order valence-corrected chi connectivity index (χ4v) is 1.62. The van der Waals surface area contributed by atoms with E-state index in [9.17, 15) is 0 Å². The van der Waals surface area contributed by atoms with Gasteiger partial charge in [0.1, 0.15) is 0 Å². The van der Waals surface area contributed by atoms with Gasteiger partial charge >= 0.3 is 23.1 Å². The highest BCUT2D eigenvalue weighted by atomic mass is 79.9. The first-order chi connectivity index (χ1) is 4.83. The van der Waals surface area contributed by atoms with Crippen LogP contribution in [0.5, 0.6) is 0 Å². The van der Waals surface area contributed by atoms with Crippen molar-refractivity contribution < 1.29 is 0 Å². The van der Waals surface area contributed by atoms with E-state index in [1.165, 1.54) is 4.90 Å². The lowest BCUT2D eigenvalue weighted by molar-refractivity contribution is 1.42. The van der Waals surface area contributed by atoms with Gasteiger partial charge in [0.15, 0.2) is 0 Å². The van der Waals surface area contributed by atoms with Gasteiger partial charge in [-0.3, -0.25) is 0 Å². The predicted octanol–water partition coefficient (Wildman–Crippen LogP) is 2.64. The largest absolute Gasteiger partial charge is 0.316 e. The van der Waals surface area contributed by atoms with Gasteiger partial charge in [0.2, 0.25) is 0 Å². The van der Waals surface area contributed by atoms with Gasteiger partial charge in [0, 0.05) is 9.37 Å². The molecule has 0 aliphatic heterocycles. The molecule has 0 nitrogen and oxygen atoms in total. The van der Waals surface area contributed by atoms with Crippen molar-refractivity contribution in [3.63, 3.8) is 0 Å². The molecule has 0 aromatic heterocycles. The van der Waals surface area contributed by atoms with Crippen LogP contribution in [0.15, 0.2) is 33.6 Å². The van der Waals surface area contributed by atoms with E-state index >= 15 is 0 Å². The van der Waals surface area contributed by atoms with E-state index in [-0.39, 0.29) is 23.1 Å². The molecule has 0 spiro atoms. The molecule has 0 bridgehead atoms. The fourth-order valence-electron chi connectivity index (χ4n) is 0.697. The lowest BCUT2D eigenvalue weighted by atomic mass is 10.4. The number of hydrogen-bond acceptors (Lipinski definition) is 1. The van der Waals surface area contributed by atoms with E-state index in [0.717, 1.165) is 10.2 Å². The summed E-state index contributed by atoms with van der Waals surface area (Å²) in [4.78, 5) is 1.34. The number of thioether (sulfide) groups is 1. The summed E-state index contributed by atoms with van der Waals surface area (Å²) in [5.41, 5.74) is 0. The van der Waals surface area contributed by atoms with E-state index in [1.807, 2.05) is 11.8 Å². The SMILES string of the molecule is CCSc1ccc(Br)cc1.[MgH2]. The first-order valence-corrected chi connectivity index (χ1v) is 4.99. The fraction of sp³-hybridized carbons (Fsp3) is 0.250. The van der Waals surface area contributed by atoms with Crippen molar-refractivity contribution in [3.05, 3.63) is 28.7 Å². The van der Waals surface area contributed by atoms with Gasteiger partial charge in [-0.25, -0.2) is 0 Å². The van der Waals surface area contributed by atoms with Crippen molar-refractivity contribution in [1.82, 2.24) is 0 Å². The van der Waals surface area contributed by atoms with E-state index in [1.54, 1.807) is 0 Å². The number of hydrogen-bond donors (Lipinski definition) is 0. The average Bonchev–Trinajstić information content (AvgIpc) is 1.95. The van der Waals surface area contributed by atoms with Crippen LogP contribution in [0.1, 0.15) is 6.92 Å². The lowest BCUT2D eigenvalue weighted by Gasteiger charge is -1.96. The first-order valence-electron chi connectivity index (χ1n) is 3.21. The molecular formula is C8H11BrMgS. The molecule has 0 heterocycles. The Kier molecular flexibility index (Phi) is 6.82. The Morgan fingerprint density at radius 3 is 2.27 bits per heavy atom. The van der Waals surface area contributed by atoms with Crippen LogP contribution in [0.3, 0.4) is 0 Å². The van der Waals surface area contributed by atoms with E-state index < -0.39 is 0 Å². The van der Waals surface area contributed by atoms with Crippen LogP contribution >= 0.6 is 27.7 Å². The number of halogens is 1. The molecule has 0 radical (unpaired) electrons. The second-order valence-corrected chi connectivity index (χ2v) is 4.14. The van der Waals surface area contributed by atoms with Gasteiger partial charge in [-0.2, -0.15) is 0 Å². The molecule has 1 aromatic carbocycles. The molecule has 0 atom stereocenters. The van der Waals surface area contributed by atoms with Gasteiger partial charge in [0.25, 0.3) is 0 Å². The smallest absolute Gasteiger partial charge is 0.126 e. The highest BCUT2D eigenvalue weighted by Gasteiger charge is 1.89. The van der Waals surface area contributed by atoms with Gasteiger partial charge in [-0.1, -0.05) is 22.9 Å². The summed E-state index contributed by atoms with van der Waals surface area (Å²) in [6.07, 6.45) is 0. The normalized spacial score (nSPS) is 8.91. The minimum absolute atomic E-state index is 0. The van der Waals surface area contributed by atoms with Crippen LogP contribution in [0, 0.1) is 0 Å². The molecule has 0 amide bonds. The molecular weight excluding hydrogens is 232 g/mol. The summed E-state index contributed by atoms with van der Waals surface area (Å²) in [7, 11) is 0. The Morgan fingerprint density at radius 1 is 1.27 bits per heavy atom. The van der Waals surface area contributed by atoms with Crippen LogP contribution in [0.25, 0.3) is 0 Å². The third kappa shape index (κ3) is 4.40. The Balaban J connectivity index is 0.000001000. The minimum atomic E-state index is 0. The van der Waals surface area contributed by atoms with Crippen LogP contribution < -0.4 is 0 Å². The zero-order chi connectivity index (χ0) is 7.40. The van der Waals surface area contributed by atoms with Gasteiger partial charge in [0.05, 0.1) is 0 Å². The molecule has 1 rings (SSSR count). The molecule has 0 N–H and O–H groups in total. The summed E-state index contributed by atoms with van der Waals surface area (Å²) in [6, 6.07) is 8.38. The quantitative estimate of drug-likeness (QED) is 0.568. The van der Waals surface area contributed by atoms with Crippen LogP contribution in [0.2, 0.25) is 0 Å². The van der Waals surface area contributed by atoms with Gasteiger partial charge in [-0.05, 0) is 30.0 Å². The number of rotatable bonds is 2.